The van der Waals surface area contributed by atoms with Crippen LogP contribution < -0.4 is 0 Å². The average molecular weight is 209 g/mol. The Morgan fingerprint density at radius 2 is 1.67 bits per heavy atom. The van der Waals surface area contributed by atoms with Crippen LogP contribution in [0.25, 0.3) is 0 Å². The van der Waals surface area contributed by atoms with Gasteiger partial charge in [0.2, 0.25) is 0 Å². The molecule has 0 N–H and O–H groups in total. The Hall–Kier alpha value is 0. The van der Waals surface area contributed by atoms with Crippen molar-refractivity contribution >= 4 is 0 Å². The van der Waals surface area contributed by atoms with Gasteiger partial charge in [-0.2, -0.15) is 0 Å². The van der Waals surface area contributed by atoms with Gasteiger partial charge in [-0.05, 0) is 42.4 Å². The second kappa shape index (κ2) is 5.37. The smallest absolute Gasteiger partial charge is 0.0380 e. The van der Waals surface area contributed by atoms with E-state index in [0.29, 0.717) is 5.41 Å². The highest BCUT2D eigenvalue weighted by Crippen LogP contribution is 2.39. The van der Waals surface area contributed by atoms with Crippen molar-refractivity contribution in [3.63, 3.8) is 0 Å². The van der Waals surface area contributed by atoms with Crippen molar-refractivity contribution in [3.05, 3.63) is 6.92 Å². The fraction of sp³-hybridized carbons (Fsp3) is 0.933. The topological polar surface area (TPSA) is 0 Å². The van der Waals surface area contributed by atoms with Crippen LogP contribution in [0.2, 0.25) is 0 Å². The third-order valence-electron chi connectivity index (χ3n) is 3.96. The van der Waals surface area contributed by atoms with Gasteiger partial charge in [-0.25, -0.2) is 0 Å². The van der Waals surface area contributed by atoms with Crippen LogP contribution >= 0.6 is 0 Å². The van der Waals surface area contributed by atoms with Gasteiger partial charge in [0.1, 0.15) is 0 Å². The third-order valence-corrected chi connectivity index (χ3v) is 3.96. The van der Waals surface area contributed by atoms with E-state index < -0.39 is 0 Å². The second-order valence-electron chi connectivity index (χ2n) is 6.71. The van der Waals surface area contributed by atoms with Gasteiger partial charge in [-0.15, -0.1) is 0 Å². The maximum atomic E-state index is 4.19. The van der Waals surface area contributed by atoms with Gasteiger partial charge >= 0.3 is 0 Å². The van der Waals surface area contributed by atoms with Crippen molar-refractivity contribution in [3.8, 4) is 0 Å². The van der Waals surface area contributed by atoms with E-state index in [-0.39, 0.29) is 0 Å². The molecule has 0 nitrogen and oxygen atoms in total. The van der Waals surface area contributed by atoms with E-state index in [1.165, 1.54) is 38.5 Å². The first-order valence-corrected chi connectivity index (χ1v) is 6.75. The lowest BCUT2D eigenvalue weighted by atomic mass is 9.70. The lowest BCUT2D eigenvalue weighted by Crippen LogP contribution is -2.24. The van der Waals surface area contributed by atoms with Crippen LogP contribution in [0, 0.1) is 30.1 Å². The van der Waals surface area contributed by atoms with Crippen LogP contribution in [-0.4, -0.2) is 0 Å². The molecule has 0 bridgehead atoms. The average Bonchev–Trinajstić information content (AvgIpc) is 2.14. The summed E-state index contributed by atoms with van der Waals surface area (Å²) in [5.41, 5.74) is 0.502. The van der Waals surface area contributed by atoms with E-state index >= 15 is 0 Å². The van der Waals surface area contributed by atoms with Crippen molar-refractivity contribution in [2.24, 2.45) is 23.2 Å². The van der Waals surface area contributed by atoms with E-state index in [1.807, 2.05) is 0 Å². The molecular weight excluding hydrogens is 180 g/mol. The van der Waals surface area contributed by atoms with E-state index in [9.17, 15) is 0 Å². The van der Waals surface area contributed by atoms with Gasteiger partial charge in [0.25, 0.3) is 0 Å². The third kappa shape index (κ3) is 4.57. The van der Waals surface area contributed by atoms with E-state index in [4.69, 9.17) is 0 Å². The van der Waals surface area contributed by atoms with E-state index in [1.54, 1.807) is 0 Å². The number of hydrogen-bond acceptors (Lipinski definition) is 0. The molecule has 1 aliphatic carbocycles. The van der Waals surface area contributed by atoms with Crippen LogP contribution in [-0.2, 0) is 0 Å². The van der Waals surface area contributed by atoms with Gasteiger partial charge < -0.3 is 0 Å². The lowest BCUT2D eigenvalue weighted by molar-refractivity contribution is 0.164. The molecule has 0 aliphatic heterocycles. The summed E-state index contributed by atoms with van der Waals surface area (Å²) in [6, 6.07) is 0. The minimum absolute atomic E-state index is 0.502. The Labute approximate surface area is 96.8 Å². The zero-order valence-electron chi connectivity index (χ0n) is 11.2. The Morgan fingerprint density at radius 3 is 2.07 bits per heavy atom. The first-order valence-electron chi connectivity index (χ1n) is 6.75. The Kier molecular flexibility index (Phi) is 4.67. The largest absolute Gasteiger partial charge is 0.0651 e. The zero-order valence-corrected chi connectivity index (χ0v) is 11.2. The van der Waals surface area contributed by atoms with Crippen LogP contribution in [0.15, 0.2) is 0 Å². The second-order valence-corrected chi connectivity index (χ2v) is 6.71. The van der Waals surface area contributed by atoms with Crippen molar-refractivity contribution in [2.45, 2.75) is 66.2 Å². The molecule has 0 aromatic carbocycles. The van der Waals surface area contributed by atoms with E-state index in [0.717, 1.165) is 17.8 Å². The number of hydrogen-bond donors (Lipinski definition) is 0. The molecule has 0 spiro atoms. The van der Waals surface area contributed by atoms with Crippen LogP contribution in [0.3, 0.4) is 0 Å². The number of rotatable bonds is 3. The molecule has 0 saturated heterocycles. The van der Waals surface area contributed by atoms with Gasteiger partial charge in [-0.1, -0.05) is 53.9 Å². The monoisotopic (exact) mass is 209 g/mol. The summed E-state index contributed by atoms with van der Waals surface area (Å²) < 4.78 is 0. The fourth-order valence-corrected chi connectivity index (χ4v) is 3.09. The highest BCUT2D eigenvalue weighted by molar-refractivity contribution is 4.80. The van der Waals surface area contributed by atoms with Crippen LogP contribution in [0.4, 0.5) is 0 Å². The summed E-state index contributed by atoms with van der Waals surface area (Å²) in [5, 5.41) is 0. The highest BCUT2D eigenvalue weighted by atomic mass is 14.3. The normalized spacial score (nSPS) is 30.2. The molecule has 1 aliphatic rings. The van der Waals surface area contributed by atoms with Crippen molar-refractivity contribution in [1.82, 2.24) is 0 Å². The Balaban J connectivity index is 2.44. The Bertz CT molecular complexity index is 167. The summed E-state index contributed by atoms with van der Waals surface area (Å²) >= 11 is 0. The van der Waals surface area contributed by atoms with Gasteiger partial charge in [0.15, 0.2) is 0 Å². The van der Waals surface area contributed by atoms with Crippen molar-refractivity contribution in [1.29, 1.82) is 0 Å². The van der Waals surface area contributed by atoms with Crippen molar-refractivity contribution < 1.29 is 0 Å². The quantitative estimate of drug-likeness (QED) is 0.607. The minimum Gasteiger partial charge on any atom is -0.0651 e. The summed E-state index contributed by atoms with van der Waals surface area (Å²) in [6.45, 7) is 13.7. The molecular formula is C15H29. The first-order chi connectivity index (χ1) is 6.92. The fourth-order valence-electron chi connectivity index (χ4n) is 3.09. The Morgan fingerprint density at radius 1 is 1.13 bits per heavy atom. The molecule has 0 aromatic heterocycles. The standard InChI is InChI=1S/C15H29/c1-6-13(11-15(3,4)5)14-9-7-12(2)8-10-14/h12-14H,2,6-11H2,1,3-5H3. The predicted octanol–water partition coefficient (Wildman–Crippen LogP) is 5.09. The predicted molar refractivity (Wildman–Crippen MR) is 68.7 cm³/mol. The summed E-state index contributed by atoms with van der Waals surface area (Å²) in [5.74, 6) is 2.69. The molecule has 0 aromatic rings. The first kappa shape index (κ1) is 13.1. The van der Waals surface area contributed by atoms with Crippen LogP contribution in [0.1, 0.15) is 66.2 Å². The molecule has 1 radical (unpaired) electrons. The van der Waals surface area contributed by atoms with E-state index in [2.05, 4.69) is 34.6 Å². The molecule has 0 heteroatoms. The van der Waals surface area contributed by atoms with Gasteiger partial charge in [0, 0.05) is 0 Å². The minimum atomic E-state index is 0.502. The lowest BCUT2D eigenvalue weighted by Gasteiger charge is -2.35. The molecule has 0 amide bonds. The molecule has 1 saturated carbocycles. The molecule has 0 heterocycles. The molecule has 1 fully saturated rings. The maximum absolute atomic E-state index is 4.19. The van der Waals surface area contributed by atoms with Crippen LogP contribution in [0.5, 0.6) is 0 Å². The summed E-state index contributed by atoms with van der Waals surface area (Å²) in [6.07, 6.45) is 8.36. The van der Waals surface area contributed by atoms with Gasteiger partial charge in [-0.3, -0.25) is 0 Å². The maximum Gasteiger partial charge on any atom is -0.0380 e. The van der Waals surface area contributed by atoms with Crippen molar-refractivity contribution in [2.75, 3.05) is 0 Å². The summed E-state index contributed by atoms with van der Waals surface area (Å²) in [4.78, 5) is 0. The molecule has 1 rings (SSSR count). The summed E-state index contributed by atoms with van der Waals surface area (Å²) in [7, 11) is 0. The molecule has 89 valence electrons. The molecule has 15 heavy (non-hydrogen) atoms. The molecule has 1 atom stereocenters. The SMILES string of the molecule is [CH2]C1CCC(C(CC)CC(C)(C)C)CC1. The highest BCUT2D eigenvalue weighted by Gasteiger charge is 2.27. The molecule has 1 unspecified atom stereocenters. The zero-order chi connectivity index (χ0) is 11.5. The van der Waals surface area contributed by atoms with Gasteiger partial charge in [0.05, 0.1) is 0 Å².